The second kappa shape index (κ2) is 8.47. The van der Waals surface area contributed by atoms with Crippen LogP contribution in [0.5, 0.6) is 0 Å². The van der Waals surface area contributed by atoms with Crippen molar-refractivity contribution in [2.75, 3.05) is 45.9 Å². The van der Waals surface area contributed by atoms with Crippen molar-refractivity contribution in [2.45, 2.75) is 45.6 Å². The van der Waals surface area contributed by atoms with E-state index >= 15 is 0 Å². The molecule has 2 rings (SSSR count). The van der Waals surface area contributed by atoms with E-state index in [-0.39, 0.29) is 6.61 Å². The summed E-state index contributed by atoms with van der Waals surface area (Å²) < 4.78 is 0. The zero-order chi connectivity index (χ0) is 15.2. The van der Waals surface area contributed by atoms with Crippen molar-refractivity contribution in [3.8, 4) is 0 Å². The Balaban J connectivity index is 1.82. The first-order valence-electron chi connectivity index (χ1n) is 8.91. The number of nitrogens with zero attached hydrogens (tertiary/aromatic N) is 2. The zero-order valence-corrected chi connectivity index (χ0v) is 14.0. The van der Waals surface area contributed by atoms with Crippen molar-refractivity contribution in [3.63, 3.8) is 0 Å². The second-order valence-corrected chi connectivity index (χ2v) is 7.46. The van der Waals surface area contributed by atoms with Crippen LogP contribution in [0.4, 0.5) is 0 Å². The van der Waals surface area contributed by atoms with Crippen LogP contribution in [0.15, 0.2) is 0 Å². The molecule has 0 aromatic carbocycles. The molecule has 4 nitrogen and oxygen atoms in total. The average Bonchev–Trinajstić information content (AvgIpc) is 2.67. The van der Waals surface area contributed by atoms with Gasteiger partial charge in [0.15, 0.2) is 0 Å². The number of β-amino-alcohol motifs (C(OH)–C–C–N with tert-alkyl or cyclic N) is 1. The molecule has 0 aromatic heterocycles. The fraction of sp³-hybridized carbons (Fsp3) is 1.00. The van der Waals surface area contributed by atoms with E-state index in [0.29, 0.717) is 12.0 Å². The first-order chi connectivity index (χ1) is 10.1. The molecule has 2 fully saturated rings. The summed E-state index contributed by atoms with van der Waals surface area (Å²) in [6, 6.07) is 0.400. The maximum absolute atomic E-state index is 9.08. The van der Waals surface area contributed by atoms with E-state index in [2.05, 4.69) is 23.6 Å². The van der Waals surface area contributed by atoms with Crippen LogP contribution in [0.1, 0.15) is 39.5 Å². The summed E-state index contributed by atoms with van der Waals surface area (Å²) in [6.45, 7) is 11.5. The molecular weight excluding hydrogens is 262 g/mol. The van der Waals surface area contributed by atoms with Crippen molar-refractivity contribution in [3.05, 3.63) is 0 Å². The first-order valence-corrected chi connectivity index (χ1v) is 8.91. The standard InChI is InChI=1S/C17H35N3O/c1-14(2)15-4-5-17(18)16(12-15)13-20-7-3-6-19(8-9-20)10-11-21/h14-17,21H,3-13,18H2,1-2H3. The van der Waals surface area contributed by atoms with Crippen LogP contribution in [0.3, 0.4) is 0 Å². The van der Waals surface area contributed by atoms with E-state index < -0.39 is 0 Å². The summed E-state index contributed by atoms with van der Waals surface area (Å²) in [6.07, 6.45) is 5.06. The molecule has 0 bridgehead atoms. The molecule has 21 heavy (non-hydrogen) atoms. The van der Waals surface area contributed by atoms with Gasteiger partial charge in [-0.05, 0) is 56.5 Å². The third kappa shape index (κ3) is 5.20. The number of rotatable bonds is 5. The van der Waals surface area contributed by atoms with Gasteiger partial charge in [-0.25, -0.2) is 0 Å². The highest BCUT2D eigenvalue weighted by Crippen LogP contribution is 2.33. The topological polar surface area (TPSA) is 52.7 Å². The Morgan fingerprint density at radius 2 is 1.81 bits per heavy atom. The maximum Gasteiger partial charge on any atom is 0.0558 e. The fourth-order valence-electron chi connectivity index (χ4n) is 4.04. The minimum Gasteiger partial charge on any atom is -0.395 e. The van der Waals surface area contributed by atoms with Crippen LogP contribution in [-0.4, -0.2) is 66.8 Å². The smallest absolute Gasteiger partial charge is 0.0558 e. The molecule has 1 aliphatic carbocycles. The highest BCUT2D eigenvalue weighted by atomic mass is 16.3. The number of nitrogens with two attached hydrogens (primary N) is 1. The van der Waals surface area contributed by atoms with Gasteiger partial charge in [0.2, 0.25) is 0 Å². The molecule has 0 aromatic rings. The van der Waals surface area contributed by atoms with Gasteiger partial charge in [0.05, 0.1) is 6.61 Å². The van der Waals surface area contributed by atoms with Gasteiger partial charge >= 0.3 is 0 Å². The van der Waals surface area contributed by atoms with Gasteiger partial charge in [-0.2, -0.15) is 0 Å². The molecule has 124 valence electrons. The van der Waals surface area contributed by atoms with E-state index in [0.717, 1.165) is 38.0 Å². The molecular formula is C17H35N3O. The number of aliphatic hydroxyl groups excluding tert-OH is 1. The average molecular weight is 297 g/mol. The largest absolute Gasteiger partial charge is 0.395 e. The van der Waals surface area contributed by atoms with Crippen LogP contribution in [0, 0.1) is 17.8 Å². The van der Waals surface area contributed by atoms with Crippen LogP contribution >= 0.6 is 0 Å². The lowest BCUT2D eigenvalue weighted by molar-refractivity contribution is 0.136. The van der Waals surface area contributed by atoms with Gasteiger partial charge < -0.3 is 15.7 Å². The number of hydrogen-bond acceptors (Lipinski definition) is 4. The molecule has 1 heterocycles. The molecule has 1 saturated carbocycles. The van der Waals surface area contributed by atoms with Crippen molar-refractivity contribution >= 4 is 0 Å². The summed E-state index contributed by atoms with van der Waals surface area (Å²) in [5.74, 6) is 2.34. The van der Waals surface area contributed by atoms with E-state index in [1.165, 1.54) is 38.8 Å². The first kappa shape index (κ1) is 17.2. The molecule has 4 heteroatoms. The maximum atomic E-state index is 9.08. The van der Waals surface area contributed by atoms with Gasteiger partial charge in [-0.15, -0.1) is 0 Å². The molecule has 1 saturated heterocycles. The molecule has 3 unspecified atom stereocenters. The van der Waals surface area contributed by atoms with Gasteiger partial charge in [0.25, 0.3) is 0 Å². The summed E-state index contributed by atoms with van der Waals surface area (Å²) in [5, 5.41) is 9.08. The van der Waals surface area contributed by atoms with Crippen molar-refractivity contribution < 1.29 is 5.11 Å². The third-order valence-electron chi connectivity index (χ3n) is 5.61. The fourth-order valence-corrected chi connectivity index (χ4v) is 4.04. The zero-order valence-electron chi connectivity index (χ0n) is 14.0. The summed E-state index contributed by atoms with van der Waals surface area (Å²) in [7, 11) is 0. The highest BCUT2D eigenvalue weighted by Gasteiger charge is 2.31. The van der Waals surface area contributed by atoms with Gasteiger partial charge in [-0.1, -0.05) is 13.8 Å². The Kier molecular flexibility index (Phi) is 6.93. The predicted octanol–water partition coefficient (Wildman–Crippen LogP) is 1.39. The van der Waals surface area contributed by atoms with Gasteiger partial charge in [-0.3, -0.25) is 4.90 Å². The second-order valence-electron chi connectivity index (χ2n) is 7.46. The quantitative estimate of drug-likeness (QED) is 0.805. The normalized spacial score (nSPS) is 33.3. The SMILES string of the molecule is CC(C)C1CCC(N)C(CN2CCCN(CCO)CC2)C1. The minimum atomic E-state index is 0.281. The molecule has 0 amide bonds. The van der Waals surface area contributed by atoms with Crippen LogP contribution < -0.4 is 5.73 Å². The summed E-state index contributed by atoms with van der Waals surface area (Å²) in [4.78, 5) is 5.00. The van der Waals surface area contributed by atoms with Crippen molar-refractivity contribution in [1.29, 1.82) is 0 Å². The highest BCUT2D eigenvalue weighted by molar-refractivity contribution is 4.86. The van der Waals surface area contributed by atoms with Gasteiger partial charge in [0, 0.05) is 32.2 Å². The Morgan fingerprint density at radius 3 is 2.52 bits per heavy atom. The van der Waals surface area contributed by atoms with Crippen molar-refractivity contribution in [1.82, 2.24) is 9.80 Å². The molecule has 0 spiro atoms. The Morgan fingerprint density at radius 1 is 1.10 bits per heavy atom. The third-order valence-corrected chi connectivity index (χ3v) is 5.61. The van der Waals surface area contributed by atoms with E-state index in [1.807, 2.05) is 0 Å². The lowest BCUT2D eigenvalue weighted by Gasteiger charge is -2.38. The van der Waals surface area contributed by atoms with E-state index in [9.17, 15) is 0 Å². The lowest BCUT2D eigenvalue weighted by atomic mass is 9.73. The van der Waals surface area contributed by atoms with Crippen molar-refractivity contribution in [2.24, 2.45) is 23.5 Å². The molecule has 0 radical (unpaired) electrons. The van der Waals surface area contributed by atoms with Gasteiger partial charge in [0.1, 0.15) is 0 Å². The number of aliphatic hydroxyl groups is 1. The summed E-state index contributed by atoms with van der Waals surface area (Å²) in [5.41, 5.74) is 6.40. The summed E-state index contributed by atoms with van der Waals surface area (Å²) >= 11 is 0. The Bertz CT molecular complexity index is 298. The van der Waals surface area contributed by atoms with Crippen LogP contribution in [0.25, 0.3) is 0 Å². The molecule has 3 N–H and O–H groups in total. The van der Waals surface area contributed by atoms with Crippen LogP contribution in [-0.2, 0) is 0 Å². The lowest BCUT2D eigenvalue weighted by Crippen LogP contribution is -2.44. The minimum absolute atomic E-state index is 0.281. The van der Waals surface area contributed by atoms with E-state index in [4.69, 9.17) is 10.8 Å². The van der Waals surface area contributed by atoms with Crippen LogP contribution in [0.2, 0.25) is 0 Å². The predicted molar refractivity (Wildman–Crippen MR) is 88.2 cm³/mol. The Labute approximate surface area is 130 Å². The Hall–Kier alpha value is -0.160. The monoisotopic (exact) mass is 297 g/mol. The molecule has 1 aliphatic heterocycles. The molecule has 3 atom stereocenters. The van der Waals surface area contributed by atoms with E-state index in [1.54, 1.807) is 0 Å². The number of hydrogen-bond donors (Lipinski definition) is 2. The molecule has 2 aliphatic rings.